The van der Waals surface area contributed by atoms with E-state index in [-0.39, 0.29) is 30.0 Å². The normalized spacial score (nSPS) is 12.2. The van der Waals surface area contributed by atoms with Gasteiger partial charge in [0.1, 0.15) is 6.33 Å². The van der Waals surface area contributed by atoms with E-state index >= 15 is 0 Å². The third kappa shape index (κ3) is 5.83. The maximum atomic E-state index is 6.11. The first-order chi connectivity index (χ1) is 13.1. The molecular weight excluding hydrogens is 510 g/mol. The number of nitrogens with zero attached hydrogens (tertiary/aromatic N) is 3. The van der Waals surface area contributed by atoms with E-state index in [2.05, 4.69) is 36.9 Å². The smallest absolute Gasteiger partial charge is 0.191 e. The van der Waals surface area contributed by atoms with E-state index in [0.29, 0.717) is 22.5 Å². The van der Waals surface area contributed by atoms with Gasteiger partial charge in [0, 0.05) is 19.2 Å². The highest BCUT2D eigenvalue weighted by atomic mass is 127. The van der Waals surface area contributed by atoms with Crippen LogP contribution in [0.2, 0.25) is 10.0 Å². The predicted molar refractivity (Wildman–Crippen MR) is 125 cm³/mol. The molecule has 0 aliphatic rings. The Morgan fingerprint density at radius 3 is 2.68 bits per heavy atom. The fourth-order valence-corrected chi connectivity index (χ4v) is 2.93. The van der Waals surface area contributed by atoms with Crippen LogP contribution in [0.5, 0.6) is 0 Å². The Morgan fingerprint density at radius 1 is 1.18 bits per heavy atom. The van der Waals surface area contributed by atoms with E-state index in [1.807, 2.05) is 37.3 Å². The number of guanidine groups is 1. The molecule has 3 N–H and O–H groups in total. The zero-order chi connectivity index (χ0) is 19.2. The minimum atomic E-state index is 0. The topological polar surface area (TPSA) is 78.0 Å². The van der Waals surface area contributed by atoms with Gasteiger partial charge in [-0.15, -0.1) is 24.0 Å². The average molecular weight is 531 g/mol. The maximum absolute atomic E-state index is 6.11. The number of hydrogen-bond donors (Lipinski definition) is 3. The minimum absolute atomic E-state index is 0. The predicted octanol–water partition coefficient (Wildman–Crippen LogP) is 4.82. The molecule has 0 saturated heterocycles. The van der Waals surface area contributed by atoms with Crippen LogP contribution in [-0.4, -0.2) is 28.2 Å². The Bertz CT molecular complexity index is 930. The number of benzene rings is 2. The zero-order valence-electron chi connectivity index (χ0n) is 15.4. The van der Waals surface area contributed by atoms with Crippen LogP contribution in [0.3, 0.4) is 0 Å². The van der Waals surface area contributed by atoms with Gasteiger partial charge >= 0.3 is 0 Å². The van der Waals surface area contributed by atoms with Gasteiger partial charge in [0.15, 0.2) is 11.8 Å². The Morgan fingerprint density at radius 2 is 2.00 bits per heavy atom. The molecule has 6 nitrogen and oxygen atoms in total. The van der Waals surface area contributed by atoms with Crippen molar-refractivity contribution in [3.8, 4) is 11.4 Å². The number of hydrogen-bond acceptors (Lipinski definition) is 3. The minimum Gasteiger partial charge on any atom is -0.352 e. The summed E-state index contributed by atoms with van der Waals surface area (Å²) in [4.78, 5) is 8.47. The van der Waals surface area contributed by atoms with Crippen LogP contribution in [0.4, 0.5) is 0 Å². The highest BCUT2D eigenvalue weighted by molar-refractivity contribution is 14.0. The molecule has 0 aliphatic heterocycles. The van der Waals surface area contributed by atoms with Gasteiger partial charge in [0.05, 0.1) is 16.1 Å². The van der Waals surface area contributed by atoms with Crippen LogP contribution in [0.25, 0.3) is 11.4 Å². The highest BCUT2D eigenvalue weighted by Crippen LogP contribution is 2.25. The molecule has 0 bridgehead atoms. The van der Waals surface area contributed by atoms with Crippen molar-refractivity contribution >= 4 is 53.1 Å². The lowest BCUT2D eigenvalue weighted by molar-refractivity contribution is 0.685. The highest BCUT2D eigenvalue weighted by Gasteiger charge is 2.10. The number of halogens is 3. The number of H-pyrrole nitrogens is 1. The molecular formula is C19H21Cl2IN6. The molecule has 9 heteroatoms. The molecule has 1 atom stereocenters. The Balaban J connectivity index is 0.00000280. The average Bonchev–Trinajstić information content (AvgIpc) is 3.22. The van der Waals surface area contributed by atoms with Crippen molar-refractivity contribution in [2.45, 2.75) is 19.5 Å². The van der Waals surface area contributed by atoms with E-state index in [1.54, 1.807) is 13.1 Å². The van der Waals surface area contributed by atoms with Crippen LogP contribution in [-0.2, 0) is 6.54 Å². The van der Waals surface area contributed by atoms with Crippen LogP contribution in [0.1, 0.15) is 24.1 Å². The molecule has 3 aromatic rings. The van der Waals surface area contributed by atoms with Gasteiger partial charge in [-0.1, -0.05) is 47.5 Å². The summed E-state index contributed by atoms with van der Waals surface area (Å²) in [7, 11) is 1.74. The van der Waals surface area contributed by atoms with E-state index in [9.17, 15) is 0 Å². The summed E-state index contributed by atoms with van der Waals surface area (Å²) >= 11 is 12.1. The summed E-state index contributed by atoms with van der Waals surface area (Å²) in [6.07, 6.45) is 1.50. The molecule has 148 valence electrons. The Kier molecular flexibility index (Phi) is 8.53. The van der Waals surface area contributed by atoms with Crippen molar-refractivity contribution in [3.63, 3.8) is 0 Å². The first kappa shape index (κ1) is 22.4. The van der Waals surface area contributed by atoms with Gasteiger partial charge in [0.25, 0.3) is 0 Å². The van der Waals surface area contributed by atoms with Gasteiger partial charge in [-0.05, 0) is 36.2 Å². The zero-order valence-corrected chi connectivity index (χ0v) is 19.3. The molecule has 0 aliphatic carbocycles. The molecule has 1 heterocycles. The molecule has 2 aromatic carbocycles. The molecule has 0 spiro atoms. The molecule has 28 heavy (non-hydrogen) atoms. The first-order valence-electron chi connectivity index (χ1n) is 8.43. The Hall–Kier alpha value is -1.84. The van der Waals surface area contributed by atoms with Crippen molar-refractivity contribution in [1.29, 1.82) is 0 Å². The number of nitrogens with one attached hydrogen (secondary N) is 3. The summed E-state index contributed by atoms with van der Waals surface area (Å²) in [5.74, 6) is 1.44. The van der Waals surface area contributed by atoms with E-state index < -0.39 is 0 Å². The quantitative estimate of drug-likeness (QED) is 0.251. The molecule has 1 aromatic heterocycles. The monoisotopic (exact) mass is 530 g/mol. The largest absolute Gasteiger partial charge is 0.352 e. The summed E-state index contributed by atoms with van der Waals surface area (Å²) in [6.45, 7) is 2.66. The molecule has 0 amide bonds. The molecule has 0 radical (unpaired) electrons. The first-order valence-corrected chi connectivity index (χ1v) is 9.19. The van der Waals surface area contributed by atoms with Crippen LogP contribution >= 0.6 is 47.2 Å². The van der Waals surface area contributed by atoms with Gasteiger partial charge < -0.3 is 10.6 Å². The van der Waals surface area contributed by atoms with Crippen LogP contribution in [0, 0.1) is 0 Å². The summed E-state index contributed by atoms with van der Waals surface area (Å²) in [5.41, 5.74) is 3.12. The van der Waals surface area contributed by atoms with Crippen molar-refractivity contribution < 1.29 is 0 Å². The van der Waals surface area contributed by atoms with Gasteiger partial charge in [-0.25, -0.2) is 4.98 Å². The van der Waals surface area contributed by atoms with E-state index in [1.165, 1.54) is 6.33 Å². The van der Waals surface area contributed by atoms with Crippen molar-refractivity contribution in [2.24, 2.45) is 4.99 Å². The van der Waals surface area contributed by atoms with Gasteiger partial charge in [-0.2, -0.15) is 5.10 Å². The molecule has 3 rings (SSSR count). The van der Waals surface area contributed by atoms with Crippen LogP contribution in [0.15, 0.2) is 53.8 Å². The second-order valence-electron chi connectivity index (χ2n) is 6.00. The van der Waals surface area contributed by atoms with Gasteiger partial charge in [0.2, 0.25) is 0 Å². The SMILES string of the molecule is CN=C(NCc1cccc(-c2ncn[nH]2)c1)NC(C)c1ccc(Cl)c(Cl)c1.I. The lowest BCUT2D eigenvalue weighted by atomic mass is 10.1. The van der Waals surface area contributed by atoms with Crippen molar-refractivity contribution in [2.75, 3.05) is 7.05 Å². The standard InChI is InChI=1S/C19H20Cl2N6.HI/c1-12(14-6-7-16(20)17(21)9-14)26-19(22-2)23-10-13-4-3-5-15(8-13)18-24-11-25-27-18;/h3-9,11-12H,10H2,1-2H3,(H2,22,23,26)(H,24,25,27);1H. The number of aliphatic imine (C=N–C) groups is 1. The number of rotatable bonds is 5. The summed E-state index contributed by atoms with van der Waals surface area (Å²) in [5, 5.41) is 14.5. The number of aromatic nitrogens is 3. The second-order valence-corrected chi connectivity index (χ2v) is 6.81. The lowest BCUT2D eigenvalue weighted by Crippen LogP contribution is -2.38. The molecule has 0 fully saturated rings. The number of aromatic amines is 1. The second kappa shape index (κ2) is 10.6. The van der Waals surface area contributed by atoms with E-state index in [4.69, 9.17) is 23.2 Å². The summed E-state index contributed by atoms with van der Waals surface area (Å²) in [6, 6.07) is 13.7. The van der Waals surface area contributed by atoms with E-state index in [0.717, 1.165) is 22.5 Å². The van der Waals surface area contributed by atoms with Crippen molar-refractivity contribution in [1.82, 2.24) is 25.8 Å². The Labute approximate surface area is 191 Å². The van der Waals surface area contributed by atoms with Crippen LogP contribution < -0.4 is 10.6 Å². The van der Waals surface area contributed by atoms with Crippen molar-refractivity contribution in [3.05, 3.63) is 70.0 Å². The van der Waals surface area contributed by atoms with Gasteiger partial charge in [-0.3, -0.25) is 10.1 Å². The lowest BCUT2D eigenvalue weighted by Gasteiger charge is -2.19. The summed E-state index contributed by atoms with van der Waals surface area (Å²) < 4.78 is 0. The molecule has 0 saturated carbocycles. The third-order valence-electron chi connectivity index (χ3n) is 4.10. The fourth-order valence-electron chi connectivity index (χ4n) is 2.62. The third-order valence-corrected chi connectivity index (χ3v) is 4.83. The molecule has 1 unspecified atom stereocenters. The fraction of sp³-hybridized carbons (Fsp3) is 0.211. The maximum Gasteiger partial charge on any atom is 0.191 e.